The quantitative estimate of drug-likeness (QED) is 0.478. The molecule has 98 valence electrons. The standard InChI is InChI=1S/C16H10I2N2/c17-15-16(18)20-14(12-9-5-2-6-10-12)13(19-15)11-7-3-1-4-8-11/h1-10H. The van der Waals surface area contributed by atoms with Crippen molar-refractivity contribution in [2.45, 2.75) is 0 Å². The van der Waals surface area contributed by atoms with E-state index in [-0.39, 0.29) is 0 Å². The fourth-order valence-corrected chi connectivity index (χ4v) is 2.71. The molecule has 3 aromatic rings. The van der Waals surface area contributed by atoms with Crippen LogP contribution in [0.2, 0.25) is 0 Å². The van der Waals surface area contributed by atoms with Gasteiger partial charge < -0.3 is 0 Å². The molecule has 0 aliphatic heterocycles. The lowest BCUT2D eigenvalue weighted by Crippen LogP contribution is -1.99. The second-order valence-corrected chi connectivity index (χ2v) is 6.28. The largest absolute Gasteiger partial charge is 0.237 e. The van der Waals surface area contributed by atoms with Crippen LogP contribution in [0.1, 0.15) is 0 Å². The van der Waals surface area contributed by atoms with E-state index in [1.807, 2.05) is 36.4 Å². The highest BCUT2D eigenvalue weighted by Gasteiger charge is 2.13. The monoisotopic (exact) mass is 484 g/mol. The lowest BCUT2D eigenvalue weighted by Gasteiger charge is -2.10. The van der Waals surface area contributed by atoms with Gasteiger partial charge in [-0.1, -0.05) is 60.7 Å². The molecule has 0 aliphatic rings. The van der Waals surface area contributed by atoms with Crippen molar-refractivity contribution in [3.8, 4) is 22.5 Å². The molecule has 20 heavy (non-hydrogen) atoms. The summed E-state index contributed by atoms with van der Waals surface area (Å²) in [4.78, 5) is 9.47. The third-order valence-corrected chi connectivity index (χ3v) is 5.45. The zero-order valence-electron chi connectivity index (χ0n) is 10.4. The summed E-state index contributed by atoms with van der Waals surface area (Å²) in [6, 6.07) is 20.4. The van der Waals surface area contributed by atoms with E-state index in [1.165, 1.54) is 0 Å². The number of hydrogen-bond donors (Lipinski definition) is 0. The van der Waals surface area contributed by atoms with Gasteiger partial charge >= 0.3 is 0 Å². The van der Waals surface area contributed by atoms with Crippen LogP contribution < -0.4 is 0 Å². The minimum atomic E-state index is 0.932. The van der Waals surface area contributed by atoms with Crippen molar-refractivity contribution in [3.63, 3.8) is 0 Å². The van der Waals surface area contributed by atoms with E-state index >= 15 is 0 Å². The second-order valence-electron chi connectivity index (χ2n) is 4.23. The first kappa shape index (κ1) is 13.9. The summed E-state index contributed by atoms with van der Waals surface area (Å²) >= 11 is 4.46. The third-order valence-electron chi connectivity index (χ3n) is 2.91. The van der Waals surface area contributed by atoms with E-state index in [9.17, 15) is 0 Å². The molecular weight excluding hydrogens is 474 g/mol. The number of nitrogens with zero attached hydrogens (tertiary/aromatic N) is 2. The second kappa shape index (κ2) is 6.17. The summed E-state index contributed by atoms with van der Waals surface area (Å²) in [5.41, 5.74) is 4.05. The van der Waals surface area contributed by atoms with Crippen LogP contribution in [0, 0.1) is 7.40 Å². The normalized spacial score (nSPS) is 10.5. The van der Waals surface area contributed by atoms with E-state index in [2.05, 4.69) is 69.4 Å². The van der Waals surface area contributed by atoms with E-state index < -0.39 is 0 Å². The van der Waals surface area contributed by atoms with E-state index in [0.717, 1.165) is 29.9 Å². The molecule has 1 heterocycles. The molecule has 0 aliphatic carbocycles. The van der Waals surface area contributed by atoms with E-state index in [0.29, 0.717) is 0 Å². The minimum Gasteiger partial charge on any atom is -0.237 e. The molecule has 0 fully saturated rings. The summed E-state index contributed by atoms with van der Waals surface area (Å²) in [6.07, 6.45) is 0. The van der Waals surface area contributed by atoms with Gasteiger partial charge in [0.25, 0.3) is 0 Å². The number of aromatic nitrogens is 2. The lowest BCUT2D eigenvalue weighted by molar-refractivity contribution is 1.13. The van der Waals surface area contributed by atoms with Crippen LogP contribution in [0.25, 0.3) is 22.5 Å². The number of rotatable bonds is 2. The molecule has 0 bridgehead atoms. The van der Waals surface area contributed by atoms with Crippen LogP contribution in [0.15, 0.2) is 60.7 Å². The van der Waals surface area contributed by atoms with Gasteiger partial charge in [-0.25, -0.2) is 9.97 Å². The Morgan fingerprint density at radius 3 is 1.25 bits per heavy atom. The predicted octanol–water partition coefficient (Wildman–Crippen LogP) is 5.02. The Balaban J connectivity index is 2.26. The highest BCUT2D eigenvalue weighted by molar-refractivity contribution is 14.1. The first-order chi connectivity index (χ1) is 9.75. The van der Waals surface area contributed by atoms with Crippen LogP contribution in [0.3, 0.4) is 0 Å². The Labute approximate surface area is 145 Å². The molecule has 3 rings (SSSR count). The molecule has 0 N–H and O–H groups in total. The molecule has 0 radical (unpaired) electrons. The van der Waals surface area contributed by atoms with Crippen molar-refractivity contribution in [1.29, 1.82) is 0 Å². The SMILES string of the molecule is Ic1nc(-c2ccccc2)c(-c2ccccc2)nc1I. The fourth-order valence-electron chi connectivity index (χ4n) is 1.99. The van der Waals surface area contributed by atoms with E-state index in [1.54, 1.807) is 0 Å². The van der Waals surface area contributed by atoms with Gasteiger partial charge in [0.1, 0.15) is 7.40 Å². The van der Waals surface area contributed by atoms with Crippen LogP contribution in [-0.4, -0.2) is 9.97 Å². The van der Waals surface area contributed by atoms with Crippen LogP contribution in [0.4, 0.5) is 0 Å². The van der Waals surface area contributed by atoms with Crippen molar-refractivity contribution in [1.82, 2.24) is 9.97 Å². The smallest absolute Gasteiger partial charge is 0.133 e. The molecular formula is C16H10I2N2. The summed E-state index contributed by atoms with van der Waals surface area (Å²) in [5, 5.41) is 0. The lowest BCUT2D eigenvalue weighted by atomic mass is 10.0. The summed E-state index contributed by atoms with van der Waals surface area (Å²) in [5.74, 6) is 0. The predicted molar refractivity (Wildman–Crippen MR) is 98.3 cm³/mol. The molecule has 1 aromatic heterocycles. The van der Waals surface area contributed by atoms with Gasteiger partial charge in [-0.05, 0) is 45.2 Å². The third kappa shape index (κ3) is 2.85. The summed E-state index contributed by atoms with van der Waals surface area (Å²) < 4.78 is 1.86. The zero-order valence-corrected chi connectivity index (χ0v) is 14.7. The van der Waals surface area contributed by atoms with Crippen molar-refractivity contribution < 1.29 is 0 Å². The van der Waals surface area contributed by atoms with Crippen molar-refractivity contribution in [2.75, 3.05) is 0 Å². The summed E-state index contributed by atoms with van der Waals surface area (Å²) in [7, 11) is 0. The molecule has 4 heteroatoms. The van der Waals surface area contributed by atoms with Gasteiger partial charge in [0.05, 0.1) is 11.4 Å². The van der Waals surface area contributed by atoms with Gasteiger partial charge in [-0.2, -0.15) is 0 Å². The average Bonchev–Trinajstić information content (AvgIpc) is 2.51. The Morgan fingerprint density at radius 1 is 0.550 bits per heavy atom. The molecule has 0 spiro atoms. The number of hydrogen-bond acceptors (Lipinski definition) is 2. The maximum absolute atomic E-state index is 4.74. The fraction of sp³-hybridized carbons (Fsp3) is 0. The average molecular weight is 484 g/mol. The Hall–Kier alpha value is -1.02. The molecule has 0 unspecified atom stereocenters. The van der Waals surface area contributed by atoms with Gasteiger partial charge in [0, 0.05) is 11.1 Å². The topological polar surface area (TPSA) is 25.8 Å². The van der Waals surface area contributed by atoms with Gasteiger partial charge in [0.15, 0.2) is 0 Å². The first-order valence-electron chi connectivity index (χ1n) is 6.09. The Morgan fingerprint density at radius 2 is 0.900 bits per heavy atom. The Kier molecular flexibility index (Phi) is 4.30. The van der Waals surface area contributed by atoms with Crippen LogP contribution in [-0.2, 0) is 0 Å². The zero-order chi connectivity index (χ0) is 13.9. The van der Waals surface area contributed by atoms with Crippen molar-refractivity contribution >= 4 is 45.2 Å². The molecule has 0 amide bonds. The maximum atomic E-state index is 4.74. The minimum absolute atomic E-state index is 0.932. The van der Waals surface area contributed by atoms with Crippen molar-refractivity contribution in [3.05, 3.63) is 68.1 Å². The molecule has 0 atom stereocenters. The van der Waals surface area contributed by atoms with Crippen LogP contribution >= 0.6 is 45.2 Å². The highest BCUT2D eigenvalue weighted by Crippen LogP contribution is 2.30. The number of halogens is 2. The molecule has 2 aromatic carbocycles. The summed E-state index contributed by atoms with van der Waals surface area (Å²) in [6.45, 7) is 0. The van der Waals surface area contributed by atoms with Crippen LogP contribution in [0.5, 0.6) is 0 Å². The molecule has 2 nitrogen and oxygen atoms in total. The Bertz CT molecular complexity index is 664. The van der Waals surface area contributed by atoms with Gasteiger partial charge in [-0.3, -0.25) is 0 Å². The molecule has 0 saturated carbocycles. The van der Waals surface area contributed by atoms with Gasteiger partial charge in [0.2, 0.25) is 0 Å². The highest BCUT2D eigenvalue weighted by atomic mass is 127. The van der Waals surface area contributed by atoms with Gasteiger partial charge in [-0.15, -0.1) is 0 Å². The molecule has 0 saturated heterocycles. The first-order valence-corrected chi connectivity index (χ1v) is 8.25. The van der Waals surface area contributed by atoms with E-state index in [4.69, 9.17) is 9.97 Å². The maximum Gasteiger partial charge on any atom is 0.133 e. The van der Waals surface area contributed by atoms with Crippen molar-refractivity contribution in [2.24, 2.45) is 0 Å². The number of benzene rings is 2.